The second-order valence-corrected chi connectivity index (χ2v) is 6.61. The Morgan fingerprint density at radius 3 is 2.58 bits per heavy atom. The van der Waals surface area contributed by atoms with E-state index in [-0.39, 0.29) is 17.0 Å². The van der Waals surface area contributed by atoms with Crippen LogP contribution in [0.4, 0.5) is 0 Å². The fourth-order valence-electron chi connectivity index (χ4n) is 2.85. The first kappa shape index (κ1) is 17.9. The van der Waals surface area contributed by atoms with Crippen LogP contribution in [0.1, 0.15) is 39.8 Å². The number of ketones is 1. The molecule has 7 heteroatoms. The predicted octanol–water partition coefficient (Wildman–Crippen LogP) is 4.42. The topological polar surface area (TPSA) is 82.5 Å². The Kier molecular flexibility index (Phi) is 4.70. The molecule has 0 atom stereocenters. The number of halogens is 2. The minimum absolute atomic E-state index is 0.0896. The third-order valence-corrected chi connectivity index (χ3v) is 5.06. The summed E-state index contributed by atoms with van der Waals surface area (Å²) >= 11 is 12.7. The highest BCUT2D eigenvalue weighted by molar-refractivity contribution is 6.38. The van der Waals surface area contributed by atoms with Crippen molar-refractivity contribution in [3.63, 3.8) is 0 Å². The minimum atomic E-state index is -0.135. The Labute approximate surface area is 160 Å². The number of pyridine rings is 1. The first-order valence-electron chi connectivity index (χ1n) is 7.64. The Morgan fingerprint density at radius 1 is 1.23 bits per heavy atom. The molecular weight excluding hydrogens is 371 g/mol. The molecule has 3 rings (SSSR count). The Bertz CT molecular complexity index is 1150. The van der Waals surface area contributed by atoms with E-state index in [9.17, 15) is 10.1 Å². The van der Waals surface area contributed by atoms with Crippen molar-refractivity contribution in [3.05, 3.63) is 62.4 Å². The van der Waals surface area contributed by atoms with Crippen LogP contribution in [0.5, 0.6) is 0 Å². The number of carbonyl (C=O) groups excluding carboxylic acids is 1. The summed E-state index contributed by atoms with van der Waals surface area (Å²) in [5.41, 5.74) is 3.55. The molecule has 0 saturated heterocycles. The number of Topliss-reactive ketones (excluding diaryl/α,β-unsaturated/α-hetero) is 1. The molecule has 26 heavy (non-hydrogen) atoms. The smallest absolute Gasteiger partial charge is 0.161 e. The zero-order chi connectivity index (χ0) is 19.0. The molecule has 0 N–H and O–H groups in total. The van der Waals surface area contributed by atoms with Crippen LogP contribution in [0.15, 0.2) is 24.3 Å². The van der Waals surface area contributed by atoms with Crippen molar-refractivity contribution in [3.8, 4) is 12.1 Å². The molecule has 0 aliphatic rings. The third-order valence-electron chi connectivity index (χ3n) is 4.28. The van der Waals surface area contributed by atoms with Crippen LogP contribution >= 0.6 is 23.2 Å². The van der Waals surface area contributed by atoms with Crippen LogP contribution in [0.25, 0.3) is 11.0 Å². The second-order valence-electron chi connectivity index (χ2n) is 5.83. The van der Waals surface area contributed by atoms with Crippen molar-refractivity contribution in [1.82, 2.24) is 9.55 Å². The number of rotatable bonds is 3. The van der Waals surface area contributed by atoms with Gasteiger partial charge >= 0.3 is 0 Å². The van der Waals surface area contributed by atoms with Gasteiger partial charge in [-0.2, -0.15) is 10.5 Å². The van der Waals surface area contributed by atoms with Gasteiger partial charge in [0, 0.05) is 29.7 Å². The molecule has 0 saturated carbocycles. The number of nitrogens with zero attached hydrogens (tertiary/aromatic N) is 4. The van der Waals surface area contributed by atoms with Crippen molar-refractivity contribution in [2.45, 2.75) is 13.3 Å². The SMILES string of the molecule is CC(=O)c1ccc(Cl)c(Cc2cc3nc(C#N)c(C#N)cc3n2C)c1Cl. The molecule has 0 aliphatic carbocycles. The van der Waals surface area contributed by atoms with Gasteiger partial charge in [-0.25, -0.2) is 4.98 Å². The largest absolute Gasteiger partial charge is 0.346 e. The summed E-state index contributed by atoms with van der Waals surface area (Å²) < 4.78 is 1.87. The van der Waals surface area contributed by atoms with E-state index in [0.717, 1.165) is 11.2 Å². The quantitative estimate of drug-likeness (QED) is 0.627. The average molecular weight is 383 g/mol. The zero-order valence-electron chi connectivity index (χ0n) is 14.0. The summed E-state index contributed by atoms with van der Waals surface area (Å²) in [5, 5.41) is 19.1. The Balaban J connectivity index is 2.15. The summed E-state index contributed by atoms with van der Waals surface area (Å²) in [7, 11) is 1.84. The first-order valence-corrected chi connectivity index (χ1v) is 8.40. The highest BCUT2D eigenvalue weighted by Gasteiger charge is 2.17. The van der Waals surface area contributed by atoms with Gasteiger partial charge in [0.1, 0.15) is 12.1 Å². The van der Waals surface area contributed by atoms with Crippen LogP contribution in [0.3, 0.4) is 0 Å². The van der Waals surface area contributed by atoms with Crippen LogP contribution in [0.2, 0.25) is 10.0 Å². The summed E-state index contributed by atoms with van der Waals surface area (Å²) in [4.78, 5) is 16.0. The molecule has 128 valence electrons. The maximum atomic E-state index is 11.7. The molecule has 5 nitrogen and oxygen atoms in total. The van der Waals surface area contributed by atoms with Crippen LogP contribution < -0.4 is 0 Å². The zero-order valence-corrected chi connectivity index (χ0v) is 15.5. The van der Waals surface area contributed by atoms with E-state index in [1.54, 1.807) is 18.2 Å². The second kappa shape index (κ2) is 6.80. The lowest BCUT2D eigenvalue weighted by atomic mass is 10.0. The summed E-state index contributed by atoms with van der Waals surface area (Å²) in [6.07, 6.45) is 0.384. The van der Waals surface area contributed by atoms with E-state index < -0.39 is 0 Å². The van der Waals surface area contributed by atoms with Crippen LogP contribution in [0, 0.1) is 22.7 Å². The molecular formula is C19H12Cl2N4O. The normalized spacial score (nSPS) is 10.5. The lowest BCUT2D eigenvalue weighted by molar-refractivity contribution is 0.101. The fourth-order valence-corrected chi connectivity index (χ4v) is 3.49. The van der Waals surface area contributed by atoms with Gasteiger partial charge in [-0.15, -0.1) is 0 Å². The number of aryl methyl sites for hydroxylation is 1. The molecule has 0 amide bonds. The molecule has 0 radical (unpaired) electrons. The van der Waals surface area contributed by atoms with Crippen LogP contribution in [-0.2, 0) is 13.5 Å². The van der Waals surface area contributed by atoms with Crippen LogP contribution in [-0.4, -0.2) is 15.3 Å². The molecule has 2 heterocycles. The number of hydrogen-bond acceptors (Lipinski definition) is 4. The van der Waals surface area contributed by atoms with E-state index in [1.807, 2.05) is 29.8 Å². The molecule has 0 spiro atoms. The lowest BCUT2D eigenvalue weighted by Gasteiger charge is -2.11. The van der Waals surface area contributed by atoms with E-state index in [0.29, 0.717) is 33.1 Å². The van der Waals surface area contributed by atoms with Crippen molar-refractivity contribution in [1.29, 1.82) is 10.5 Å². The number of aromatic nitrogens is 2. The maximum absolute atomic E-state index is 11.7. The molecule has 3 aromatic rings. The number of fused-ring (bicyclic) bond motifs is 1. The summed E-state index contributed by atoms with van der Waals surface area (Å²) in [6, 6.07) is 10.6. The highest BCUT2D eigenvalue weighted by atomic mass is 35.5. The van der Waals surface area contributed by atoms with Gasteiger partial charge in [-0.05, 0) is 36.8 Å². The molecule has 0 bridgehead atoms. The van der Waals surface area contributed by atoms with E-state index in [4.69, 9.17) is 28.5 Å². The molecule has 2 aromatic heterocycles. The number of carbonyl (C=O) groups is 1. The van der Waals surface area contributed by atoms with E-state index in [1.165, 1.54) is 6.92 Å². The number of benzene rings is 1. The average Bonchev–Trinajstić information content (AvgIpc) is 2.92. The molecule has 1 aromatic carbocycles. The molecule has 0 aliphatic heterocycles. The Hall–Kier alpha value is -2.86. The predicted molar refractivity (Wildman–Crippen MR) is 99.4 cm³/mol. The molecule has 0 fully saturated rings. The fraction of sp³-hybridized carbons (Fsp3) is 0.158. The van der Waals surface area contributed by atoms with Gasteiger partial charge in [0.25, 0.3) is 0 Å². The first-order chi connectivity index (χ1) is 12.4. The summed E-state index contributed by atoms with van der Waals surface area (Å²) in [5.74, 6) is -0.135. The van der Waals surface area contributed by atoms with Gasteiger partial charge in [0.15, 0.2) is 11.5 Å². The summed E-state index contributed by atoms with van der Waals surface area (Å²) in [6.45, 7) is 1.45. The van der Waals surface area contributed by atoms with Gasteiger partial charge in [-0.3, -0.25) is 4.79 Å². The van der Waals surface area contributed by atoms with E-state index >= 15 is 0 Å². The Morgan fingerprint density at radius 2 is 1.96 bits per heavy atom. The van der Waals surface area contributed by atoms with Gasteiger partial charge in [0.2, 0.25) is 0 Å². The number of nitriles is 2. The monoisotopic (exact) mass is 382 g/mol. The van der Waals surface area contributed by atoms with Gasteiger partial charge in [0.05, 0.1) is 21.6 Å². The van der Waals surface area contributed by atoms with Crippen molar-refractivity contribution in [2.75, 3.05) is 0 Å². The lowest BCUT2D eigenvalue weighted by Crippen LogP contribution is -2.02. The third kappa shape index (κ3) is 2.93. The van der Waals surface area contributed by atoms with Crippen molar-refractivity contribution < 1.29 is 4.79 Å². The van der Waals surface area contributed by atoms with Crippen molar-refractivity contribution in [2.24, 2.45) is 7.05 Å². The van der Waals surface area contributed by atoms with Gasteiger partial charge < -0.3 is 4.57 Å². The number of hydrogen-bond donors (Lipinski definition) is 0. The van der Waals surface area contributed by atoms with Crippen molar-refractivity contribution >= 4 is 40.0 Å². The maximum Gasteiger partial charge on any atom is 0.161 e. The standard InChI is InChI=1S/C19H12Cl2N4O/c1-10(26)13-3-4-15(20)14(19(13)21)6-12-7-16-18(25(12)2)5-11(8-22)17(9-23)24-16/h3-5,7H,6H2,1-2H3. The minimum Gasteiger partial charge on any atom is -0.346 e. The molecule has 0 unspecified atom stereocenters. The highest BCUT2D eigenvalue weighted by Crippen LogP contribution is 2.32. The van der Waals surface area contributed by atoms with Gasteiger partial charge in [-0.1, -0.05) is 23.2 Å². The van der Waals surface area contributed by atoms with E-state index in [2.05, 4.69) is 4.98 Å².